The lowest BCUT2D eigenvalue weighted by Gasteiger charge is -2.35. The number of amides is 2. The van der Waals surface area contributed by atoms with Crippen LogP contribution in [0.25, 0.3) is 11.0 Å². The van der Waals surface area contributed by atoms with Gasteiger partial charge in [0.15, 0.2) is 0 Å². The van der Waals surface area contributed by atoms with Crippen molar-refractivity contribution >= 4 is 22.8 Å². The Hall–Kier alpha value is -3.62. The van der Waals surface area contributed by atoms with Gasteiger partial charge in [0, 0.05) is 31.7 Å². The van der Waals surface area contributed by atoms with Gasteiger partial charge < -0.3 is 14.5 Å². The van der Waals surface area contributed by atoms with Gasteiger partial charge in [0.05, 0.1) is 28.0 Å². The lowest BCUT2D eigenvalue weighted by molar-refractivity contribution is -0.0503. The molecule has 0 bridgehead atoms. The Morgan fingerprint density at radius 2 is 1.47 bits per heavy atom. The molecule has 0 spiro atoms. The molecular weight excluding hydrogens is 418 g/mol. The van der Waals surface area contributed by atoms with Crippen LogP contribution in [0.4, 0.5) is 8.78 Å². The van der Waals surface area contributed by atoms with Gasteiger partial charge in [-0.15, -0.1) is 0 Å². The van der Waals surface area contributed by atoms with Crippen molar-refractivity contribution in [2.75, 3.05) is 26.2 Å². The smallest absolute Gasteiger partial charge is 0.387 e. The van der Waals surface area contributed by atoms with Crippen molar-refractivity contribution in [1.29, 1.82) is 0 Å². The monoisotopic (exact) mass is 440 g/mol. The molecule has 1 aliphatic heterocycles. The van der Waals surface area contributed by atoms with E-state index in [0.29, 0.717) is 37.3 Å². The maximum absolute atomic E-state index is 13.0. The maximum Gasteiger partial charge on any atom is 0.387 e. The Kier molecular flexibility index (Phi) is 5.98. The number of alkyl halides is 2. The fourth-order valence-electron chi connectivity index (χ4n) is 3.67. The second kappa shape index (κ2) is 8.86. The third-order valence-corrected chi connectivity index (χ3v) is 5.51. The van der Waals surface area contributed by atoms with Gasteiger partial charge in [-0.2, -0.15) is 8.78 Å². The molecule has 2 amide bonds. The fraction of sp³-hybridized carbons (Fsp3) is 0.304. The van der Waals surface area contributed by atoms with Crippen LogP contribution in [-0.2, 0) is 0 Å². The van der Waals surface area contributed by atoms with Gasteiger partial charge in [0.1, 0.15) is 5.75 Å². The Bertz CT molecular complexity index is 1180. The normalized spacial score (nSPS) is 14.2. The molecule has 2 heterocycles. The third kappa shape index (κ3) is 4.37. The van der Waals surface area contributed by atoms with E-state index in [1.54, 1.807) is 29.2 Å². The summed E-state index contributed by atoms with van der Waals surface area (Å²) < 4.78 is 29.8. The van der Waals surface area contributed by atoms with Crippen molar-refractivity contribution in [2.24, 2.45) is 0 Å². The number of benzene rings is 2. The first kappa shape index (κ1) is 21.6. The largest absolute Gasteiger partial charge is 0.434 e. The zero-order chi connectivity index (χ0) is 22.8. The van der Waals surface area contributed by atoms with E-state index < -0.39 is 12.5 Å². The van der Waals surface area contributed by atoms with E-state index in [2.05, 4.69) is 14.7 Å². The van der Waals surface area contributed by atoms with E-state index in [1.165, 1.54) is 23.1 Å². The lowest BCUT2D eigenvalue weighted by atomic mass is 10.1. The highest BCUT2D eigenvalue weighted by Gasteiger charge is 2.27. The first-order valence-electron chi connectivity index (χ1n) is 10.2. The number of piperazine rings is 1. The minimum absolute atomic E-state index is 0.0753. The molecule has 9 heteroatoms. The van der Waals surface area contributed by atoms with Gasteiger partial charge >= 0.3 is 6.61 Å². The van der Waals surface area contributed by atoms with Crippen molar-refractivity contribution in [2.45, 2.75) is 20.5 Å². The maximum atomic E-state index is 13.0. The van der Waals surface area contributed by atoms with E-state index in [0.717, 1.165) is 16.9 Å². The van der Waals surface area contributed by atoms with Crippen molar-refractivity contribution in [3.63, 3.8) is 0 Å². The van der Waals surface area contributed by atoms with Crippen molar-refractivity contribution in [3.05, 3.63) is 65.0 Å². The quantitative estimate of drug-likeness (QED) is 0.621. The molecule has 1 saturated heterocycles. The summed E-state index contributed by atoms with van der Waals surface area (Å²) in [5.41, 5.74) is 3.62. The molecule has 4 rings (SSSR count). The molecule has 0 atom stereocenters. The number of hydrogen-bond acceptors (Lipinski definition) is 5. The summed E-state index contributed by atoms with van der Waals surface area (Å²) >= 11 is 0. The highest BCUT2D eigenvalue weighted by molar-refractivity contribution is 5.98. The van der Waals surface area contributed by atoms with Gasteiger partial charge in [0.25, 0.3) is 11.8 Å². The summed E-state index contributed by atoms with van der Waals surface area (Å²) in [6.45, 7) is 1.99. The van der Waals surface area contributed by atoms with E-state index in [1.807, 2.05) is 13.8 Å². The SMILES string of the molecule is Cc1nc2ccc(C(=O)N3CCN(C(=O)c4ccccc4OC(F)F)CC3)cc2nc1C. The lowest BCUT2D eigenvalue weighted by Crippen LogP contribution is -2.50. The Morgan fingerprint density at radius 3 is 2.12 bits per heavy atom. The third-order valence-electron chi connectivity index (χ3n) is 5.51. The molecule has 0 N–H and O–H groups in total. The van der Waals surface area contributed by atoms with Crippen LogP contribution in [0.2, 0.25) is 0 Å². The summed E-state index contributed by atoms with van der Waals surface area (Å²) in [6, 6.07) is 11.2. The molecule has 0 aliphatic carbocycles. The van der Waals surface area contributed by atoms with Crippen molar-refractivity contribution in [3.8, 4) is 5.75 Å². The molecule has 0 unspecified atom stereocenters. The minimum Gasteiger partial charge on any atom is -0.434 e. The topological polar surface area (TPSA) is 75.6 Å². The molecule has 1 aromatic heterocycles. The first-order chi connectivity index (χ1) is 15.3. The van der Waals surface area contributed by atoms with Crippen molar-refractivity contribution < 1.29 is 23.1 Å². The number of halogens is 2. The molecule has 0 saturated carbocycles. The Morgan fingerprint density at radius 1 is 0.875 bits per heavy atom. The molecule has 3 aromatic rings. The van der Waals surface area contributed by atoms with E-state index in [-0.39, 0.29) is 17.2 Å². The minimum atomic E-state index is -3.02. The van der Waals surface area contributed by atoms with Gasteiger partial charge in [-0.05, 0) is 44.2 Å². The number of ether oxygens (including phenoxy) is 1. The van der Waals surface area contributed by atoms with E-state index >= 15 is 0 Å². The van der Waals surface area contributed by atoms with Crippen LogP contribution in [0, 0.1) is 13.8 Å². The number of rotatable bonds is 4. The number of aryl methyl sites for hydroxylation is 2. The van der Waals surface area contributed by atoms with E-state index in [4.69, 9.17) is 0 Å². The van der Waals surface area contributed by atoms with Crippen LogP contribution in [0.15, 0.2) is 42.5 Å². The number of aromatic nitrogens is 2. The number of fused-ring (bicyclic) bond motifs is 1. The molecule has 7 nitrogen and oxygen atoms in total. The van der Waals surface area contributed by atoms with Gasteiger partial charge in [-0.1, -0.05) is 12.1 Å². The second-order valence-corrected chi connectivity index (χ2v) is 7.56. The van der Waals surface area contributed by atoms with Gasteiger partial charge in [0.2, 0.25) is 0 Å². The molecule has 166 valence electrons. The predicted molar refractivity (Wildman–Crippen MR) is 114 cm³/mol. The fourth-order valence-corrected chi connectivity index (χ4v) is 3.67. The Labute approximate surface area is 183 Å². The zero-order valence-electron chi connectivity index (χ0n) is 17.7. The van der Waals surface area contributed by atoms with Crippen LogP contribution in [0.3, 0.4) is 0 Å². The van der Waals surface area contributed by atoms with E-state index in [9.17, 15) is 18.4 Å². The summed E-state index contributed by atoms with van der Waals surface area (Å²) in [5.74, 6) is -0.713. The Balaban J connectivity index is 1.45. The second-order valence-electron chi connectivity index (χ2n) is 7.56. The zero-order valence-corrected chi connectivity index (χ0v) is 17.7. The van der Waals surface area contributed by atoms with Crippen LogP contribution < -0.4 is 4.74 Å². The summed E-state index contributed by atoms with van der Waals surface area (Å²) in [7, 11) is 0. The van der Waals surface area contributed by atoms with Gasteiger partial charge in [-0.25, -0.2) is 9.97 Å². The summed E-state index contributed by atoms with van der Waals surface area (Å²) in [6.07, 6.45) is 0. The molecule has 0 radical (unpaired) electrons. The highest BCUT2D eigenvalue weighted by Crippen LogP contribution is 2.23. The van der Waals surface area contributed by atoms with Gasteiger partial charge in [-0.3, -0.25) is 9.59 Å². The predicted octanol–water partition coefficient (Wildman–Crippen LogP) is 3.45. The van der Waals surface area contributed by atoms with Crippen LogP contribution in [0.5, 0.6) is 5.75 Å². The average Bonchev–Trinajstić information content (AvgIpc) is 2.79. The number of carbonyl (C=O) groups excluding carboxylic acids is 2. The summed E-state index contributed by atoms with van der Waals surface area (Å²) in [4.78, 5) is 38.0. The van der Waals surface area contributed by atoms with Crippen LogP contribution in [-0.4, -0.2) is 64.4 Å². The molecular formula is C23H22F2N4O3. The number of para-hydroxylation sites is 1. The number of carbonyl (C=O) groups is 2. The number of hydrogen-bond donors (Lipinski definition) is 0. The highest BCUT2D eigenvalue weighted by atomic mass is 19.3. The number of nitrogens with zero attached hydrogens (tertiary/aromatic N) is 4. The molecule has 1 aliphatic rings. The molecule has 2 aromatic carbocycles. The molecule has 1 fully saturated rings. The average molecular weight is 440 g/mol. The first-order valence-corrected chi connectivity index (χ1v) is 10.2. The standard InChI is InChI=1S/C23H22F2N4O3/c1-14-15(2)27-19-13-16(7-8-18(19)26-14)21(30)28-9-11-29(12-10-28)22(31)17-5-3-4-6-20(17)32-23(24)25/h3-8,13,23H,9-12H2,1-2H3. The van der Waals surface area contributed by atoms with Crippen LogP contribution >= 0.6 is 0 Å². The van der Waals surface area contributed by atoms with Crippen molar-refractivity contribution in [1.82, 2.24) is 19.8 Å². The summed E-state index contributed by atoms with van der Waals surface area (Å²) in [5, 5.41) is 0. The molecule has 32 heavy (non-hydrogen) atoms. The van der Waals surface area contributed by atoms with Crippen LogP contribution in [0.1, 0.15) is 32.1 Å².